The van der Waals surface area contributed by atoms with E-state index < -0.39 is 5.97 Å². The maximum absolute atomic E-state index is 11.0. The maximum atomic E-state index is 11.0. The Bertz CT molecular complexity index is 513. The van der Waals surface area contributed by atoms with Crippen LogP contribution in [0.5, 0.6) is 0 Å². The van der Waals surface area contributed by atoms with Gasteiger partial charge in [-0.3, -0.25) is 4.79 Å². The van der Waals surface area contributed by atoms with Crippen molar-refractivity contribution in [1.82, 2.24) is 5.32 Å². The van der Waals surface area contributed by atoms with Crippen LogP contribution in [-0.4, -0.2) is 23.7 Å². The number of carbonyl (C=O) groups is 1. The zero-order chi connectivity index (χ0) is 18.3. The number of carboxylic acid groups (broad SMARTS) is 1. The molecule has 3 nitrogen and oxygen atoms in total. The van der Waals surface area contributed by atoms with E-state index in [-0.39, 0.29) is 12.5 Å². The summed E-state index contributed by atoms with van der Waals surface area (Å²) in [6, 6.07) is 10.6. The van der Waals surface area contributed by atoms with Gasteiger partial charge >= 0.3 is 5.97 Å². The van der Waals surface area contributed by atoms with Gasteiger partial charge in [0.2, 0.25) is 0 Å². The van der Waals surface area contributed by atoms with E-state index in [4.69, 9.17) is 5.11 Å². The zero-order valence-corrected chi connectivity index (χ0v) is 16.1. The molecule has 1 saturated carbocycles. The van der Waals surface area contributed by atoms with Crippen molar-refractivity contribution in [3.8, 4) is 0 Å². The Morgan fingerprint density at radius 2 is 1.80 bits per heavy atom. The minimum Gasteiger partial charge on any atom is -0.481 e. The van der Waals surface area contributed by atoms with E-state index in [9.17, 15) is 4.79 Å². The van der Waals surface area contributed by atoms with E-state index >= 15 is 0 Å². The van der Waals surface area contributed by atoms with Gasteiger partial charge < -0.3 is 10.4 Å². The lowest BCUT2D eigenvalue weighted by molar-refractivity contribution is -0.137. The fraction of sp³-hybridized carbons (Fsp3) is 0.682. The fourth-order valence-corrected chi connectivity index (χ4v) is 4.04. The van der Waals surface area contributed by atoms with Crippen LogP contribution in [0, 0.1) is 17.3 Å². The van der Waals surface area contributed by atoms with Gasteiger partial charge in [0.05, 0.1) is 0 Å². The highest BCUT2D eigenvalue weighted by Gasteiger charge is 2.29. The van der Waals surface area contributed by atoms with E-state index in [0.29, 0.717) is 11.8 Å². The summed E-state index contributed by atoms with van der Waals surface area (Å²) in [5.74, 6) is 0.878. The highest BCUT2D eigenvalue weighted by molar-refractivity contribution is 5.66. The van der Waals surface area contributed by atoms with Gasteiger partial charge in [0, 0.05) is 12.5 Å². The van der Waals surface area contributed by atoms with E-state index in [0.717, 1.165) is 24.8 Å². The first-order valence-electron chi connectivity index (χ1n) is 9.83. The van der Waals surface area contributed by atoms with Gasteiger partial charge in [-0.2, -0.15) is 0 Å². The van der Waals surface area contributed by atoms with Crippen LogP contribution in [0.3, 0.4) is 0 Å². The molecule has 1 aliphatic carbocycles. The second kappa shape index (κ2) is 9.38. The summed E-state index contributed by atoms with van der Waals surface area (Å²) in [6.45, 7) is 8.10. The Morgan fingerprint density at radius 1 is 1.16 bits per heavy atom. The molecule has 0 aromatic heterocycles. The molecule has 0 spiro atoms. The van der Waals surface area contributed by atoms with E-state index in [1.807, 2.05) is 6.07 Å². The first kappa shape index (κ1) is 20.0. The van der Waals surface area contributed by atoms with Crippen LogP contribution in [-0.2, 0) is 11.2 Å². The van der Waals surface area contributed by atoms with Crippen LogP contribution in [0.15, 0.2) is 30.3 Å². The second-order valence-corrected chi connectivity index (χ2v) is 8.81. The molecule has 140 valence electrons. The topological polar surface area (TPSA) is 49.3 Å². The van der Waals surface area contributed by atoms with Crippen molar-refractivity contribution in [2.45, 2.75) is 71.8 Å². The van der Waals surface area contributed by atoms with Gasteiger partial charge in [0.1, 0.15) is 0 Å². The highest BCUT2D eigenvalue weighted by atomic mass is 16.4. The first-order valence-corrected chi connectivity index (χ1v) is 9.83. The Hall–Kier alpha value is -1.35. The monoisotopic (exact) mass is 345 g/mol. The third-order valence-electron chi connectivity index (χ3n) is 5.80. The van der Waals surface area contributed by atoms with Crippen LogP contribution in [0.4, 0.5) is 0 Å². The molecule has 1 unspecified atom stereocenters. The van der Waals surface area contributed by atoms with Gasteiger partial charge in [-0.25, -0.2) is 0 Å². The molecule has 25 heavy (non-hydrogen) atoms. The van der Waals surface area contributed by atoms with Gasteiger partial charge in [-0.05, 0) is 67.9 Å². The Balaban J connectivity index is 1.82. The zero-order valence-electron chi connectivity index (χ0n) is 16.1. The summed E-state index contributed by atoms with van der Waals surface area (Å²) < 4.78 is 0. The van der Waals surface area contributed by atoms with Gasteiger partial charge in [-0.1, -0.05) is 51.1 Å². The fourth-order valence-electron chi connectivity index (χ4n) is 4.04. The third kappa shape index (κ3) is 7.19. The average Bonchev–Trinajstić information content (AvgIpc) is 2.57. The quantitative estimate of drug-likeness (QED) is 0.704. The molecule has 0 bridgehead atoms. The maximum Gasteiger partial charge on any atom is 0.303 e. The number of hydrogen-bond donors (Lipinski definition) is 2. The molecule has 2 rings (SSSR count). The van der Waals surface area contributed by atoms with Crippen LogP contribution in [0.1, 0.15) is 64.9 Å². The Labute approximate surface area is 153 Å². The molecule has 1 fully saturated rings. The predicted molar refractivity (Wildman–Crippen MR) is 104 cm³/mol. The lowest BCUT2D eigenvalue weighted by Crippen LogP contribution is -2.37. The molecule has 1 aromatic rings. The molecule has 0 heterocycles. The Morgan fingerprint density at radius 3 is 2.36 bits per heavy atom. The van der Waals surface area contributed by atoms with E-state index in [1.165, 1.54) is 31.2 Å². The molecule has 0 saturated heterocycles. The standard InChI is InChI=1S/C22H35NO2/c1-22(2,3)19-11-9-18(10-12-19)16-23-20(13-14-21(24)25)15-17-7-5-4-6-8-17/h4-8,18-20,23H,9-16H2,1-3H3,(H,24,25). The molecular formula is C22H35NO2. The van der Waals surface area contributed by atoms with Crippen molar-refractivity contribution >= 4 is 5.97 Å². The molecule has 1 atom stereocenters. The first-order chi connectivity index (χ1) is 11.8. The van der Waals surface area contributed by atoms with Crippen molar-refractivity contribution in [3.63, 3.8) is 0 Å². The number of benzene rings is 1. The lowest BCUT2D eigenvalue weighted by Gasteiger charge is -2.37. The molecule has 3 heteroatoms. The summed E-state index contributed by atoms with van der Waals surface area (Å²) >= 11 is 0. The van der Waals surface area contributed by atoms with Gasteiger partial charge in [0.25, 0.3) is 0 Å². The number of rotatable bonds is 8. The Kier molecular flexibility index (Phi) is 7.49. The minimum absolute atomic E-state index is 0.237. The highest BCUT2D eigenvalue weighted by Crippen LogP contribution is 2.39. The SMILES string of the molecule is CC(C)(C)C1CCC(CNC(CCC(=O)O)Cc2ccccc2)CC1. The number of nitrogens with one attached hydrogen (secondary N) is 1. The van der Waals surface area contributed by atoms with E-state index in [1.54, 1.807) is 0 Å². The van der Waals surface area contributed by atoms with Gasteiger partial charge in [0.15, 0.2) is 0 Å². The molecule has 0 amide bonds. The average molecular weight is 346 g/mol. The molecule has 0 radical (unpaired) electrons. The smallest absolute Gasteiger partial charge is 0.303 e. The summed E-state index contributed by atoms with van der Waals surface area (Å²) in [5, 5.41) is 12.7. The van der Waals surface area contributed by atoms with Crippen molar-refractivity contribution in [1.29, 1.82) is 0 Å². The van der Waals surface area contributed by atoms with Crippen LogP contribution >= 0.6 is 0 Å². The predicted octanol–water partition coefficient (Wildman–Crippen LogP) is 4.90. The number of carboxylic acids is 1. The largest absolute Gasteiger partial charge is 0.481 e. The third-order valence-corrected chi connectivity index (χ3v) is 5.80. The summed E-state index contributed by atoms with van der Waals surface area (Å²) in [5.41, 5.74) is 1.71. The molecule has 1 aromatic carbocycles. The lowest BCUT2D eigenvalue weighted by atomic mass is 9.70. The van der Waals surface area contributed by atoms with Crippen LogP contribution in [0.25, 0.3) is 0 Å². The molecule has 1 aliphatic rings. The van der Waals surface area contributed by atoms with Crippen LogP contribution < -0.4 is 5.32 Å². The van der Waals surface area contributed by atoms with E-state index in [2.05, 4.69) is 50.4 Å². The van der Waals surface area contributed by atoms with Gasteiger partial charge in [-0.15, -0.1) is 0 Å². The van der Waals surface area contributed by atoms with Crippen molar-refractivity contribution in [2.24, 2.45) is 17.3 Å². The van der Waals surface area contributed by atoms with Crippen molar-refractivity contribution < 1.29 is 9.90 Å². The van der Waals surface area contributed by atoms with Crippen LogP contribution in [0.2, 0.25) is 0 Å². The second-order valence-electron chi connectivity index (χ2n) is 8.81. The normalized spacial score (nSPS) is 22.5. The molecule has 0 aliphatic heterocycles. The number of hydrogen-bond acceptors (Lipinski definition) is 2. The summed E-state index contributed by atoms with van der Waals surface area (Å²) in [7, 11) is 0. The molecular weight excluding hydrogens is 310 g/mol. The summed E-state index contributed by atoms with van der Waals surface area (Å²) in [4.78, 5) is 11.0. The summed E-state index contributed by atoms with van der Waals surface area (Å²) in [6.07, 6.45) is 7.09. The number of aliphatic carboxylic acids is 1. The van der Waals surface area contributed by atoms with Crippen molar-refractivity contribution in [3.05, 3.63) is 35.9 Å². The minimum atomic E-state index is -0.703. The molecule has 2 N–H and O–H groups in total. The van der Waals surface area contributed by atoms with Crippen molar-refractivity contribution in [2.75, 3.05) is 6.54 Å².